The van der Waals surface area contributed by atoms with Crippen LogP contribution in [0.25, 0.3) is 5.69 Å². The Morgan fingerprint density at radius 1 is 1.13 bits per heavy atom. The van der Waals surface area contributed by atoms with Gasteiger partial charge in [0.25, 0.3) is 5.91 Å². The van der Waals surface area contributed by atoms with E-state index >= 15 is 0 Å². The van der Waals surface area contributed by atoms with Gasteiger partial charge in [0, 0.05) is 38.1 Å². The Bertz CT molecular complexity index is 1070. The number of aryl methyl sites for hydroxylation is 1. The number of carbonyl (C=O) groups is 1. The molecule has 12 heteroatoms. The number of aromatic nitrogens is 4. The Kier molecular flexibility index (Phi) is 5.75. The number of thiazole rings is 1. The molecular formula is C19H18F4N6OS. The number of nitrogens with zero attached hydrogens (tertiary/aromatic N) is 6. The van der Waals surface area contributed by atoms with Crippen molar-refractivity contribution < 1.29 is 22.4 Å². The molecule has 0 spiro atoms. The third-order valence-electron chi connectivity index (χ3n) is 4.92. The average molecular weight is 454 g/mol. The molecule has 0 unspecified atom stereocenters. The lowest BCUT2D eigenvalue weighted by Crippen LogP contribution is -2.48. The maximum Gasteiger partial charge on any atom is 0.435 e. The van der Waals surface area contributed by atoms with E-state index in [0.29, 0.717) is 24.3 Å². The van der Waals surface area contributed by atoms with Gasteiger partial charge in [0.1, 0.15) is 5.82 Å². The van der Waals surface area contributed by atoms with E-state index in [-0.39, 0.29) is 18.8 Å². The standard InChI is InChI=1S/C19H18F4N6OS/c1-12-24-14(11-31-12)10-27-6-8-28(9-7-27)18(30)16-17(19(21,22)23)29(26-25-16)15-4-2-13(20)3-5-15/h2-5,11H,6-10H2,1H3. The van der Waals surface area contributed by atoms with Crippen molar-refractivity contribution in [3.05, 3.63) is 57.6 Å². The van der Waals surface area contributed by atoms with Crippen LogP contribution in [0.4, 0.5) is 17.6 Å². The molecule has 0 radical (unpaired) electrons. The van der Waals surface area contributed by atoms with Crippen LogP contribution in [-0.2, 0) is 12.7 Å². The number of carbonyl (C=O) groups excluding carboxylic acids is 1. The van der Waals surface area contributed by atoms with Crippen LogP contribution in [0.2, 0.25) is 0 Å². The predicted octanol–water partition coefficient (Wildman–Crippen LogP) is 3.15. The lowest BCUT2D eigenvalue weighted by molar-refractivity contribution is -0.143. The summed E-state index contributed by atoms with van der Waals surface area (Å²) in [6.45, 7) is 4.10. The maximum atomic E-state index is 13.8. The monoisotopic (exact) mass is 454 g/mol. The minimum Gasteiger partial charge on any atom is -0.335 e. The topological polar surface area (TPSA) is 67.2 Å². The smallest absolute Gasteiger partial charge is 0.335 e. The second kappa shape index (κ2) is 8.35. The van der Waals surface area contributed by atoms with Gasteiger partial charge in [-0.05, 0) is 31.2 Å². The van der Waals surface area contributed by atoms with Gasteiger partial charge in [-0.15, -0.1) is 16.4 Å². The van der Waals surface area contributed by atoms with E-state index in [9.17, 15) is 22.4 Å². The minimum atomic E-state index is -4.87. The molecular weight excluding hydrogens is 436 g/mol. The van der Waals surface area contributed by atoms with Gasteiger partial charge in [-0.1, -0.05) is 5.21 Å². The molecule has 2 aromatic heterocycles. The van der Waals surface area contributed by atoms with Crippen molar-refractivity contribution in [2.45, 2.75) is 19.6 Å². The average Bonchev–Trinajstić information content (AvgIpc) is 3.35. The Labute approximate surface area is 178 Å². The lowest BCUT2D eigenvalue weighted by atomic mass is 10.2. The highest BCUT2D eigenvalue weighted by atomic mass is 32.1. The quantitative estimate of drug-likeness (QED) is 0.567. The van der Waals surface area contributed by atoms with Gasteiger partial charge in [0.05, 0.1) is 16.4 Å². The van der Waals surface area contributed by atoms with Crippen LogP contribution in [0.3, 0.4) is 0 Å². The van der Waals surface area contributed by atoms with Gasteiger partial charge in [-0.2, -0.15) is 13.2 Å². The van der Waals surface area contributed by atoms with Gasteiger partial charge < -0.3 is 4.90 Å². The SMILES string of the molecule is Cc1nc(CN2CCN(C(=O)c3nnn(-c4ccc(F)cc4)c3C(F)(F)F)CC2)cs1. The van der Waals surface area contributed by atoms with E-state index in [4.69, 9.17) is 0 Å². The van der Waals surface area contributed by atoms with Gasteiger partial charge in [0.2, 0.25) is 0 Å². The second-order valence-corrected chi connectivity index (χ2v) is 8.16. The van der Waals surface area contributed by atoms with Crippen LogP contribution >= 0.6 is 11.3 Å². The Hall–Kier alpha value is -2.86. The Morgan fingerprint density at radius 3 is 2.39 bits per heavy atom. The summed E-state index contributed by atoms with van der Waals surface area (Å²) in [4.78, 5) is 20.7. The summed E-state index contributed by atoms with van der Waals surface area (Å²) in [5.74, 6) is -1.43. The maximum absolute atomic E-state index is 13.8. The highest BCUT2D eigenvalue weighted by Crippen LogP contribution is 2.33. The fourth-order valence-corrected chi connectivity index (χ4v) is 4.02. The fourth-order valence-electron chi connectivity index (χ4n) is 3.41. The molecule has 0 bridgehead atoms. The molecule has 1 amide bonds. The van der Waals surface area contributed by atoms with Gasteiger partial charge in [0.15, 0.2) is 11.4 Å². The van der Waals surface area contributed by atoms with Crippen molar-refractivity contribution in [1.82, 2.24) is 29.8 Å². The molecule has 1 aliphatic heterocycles. The normalized spacial score (nSPS) is 15.5. The highest BCUT2D eigenvalue weighted by molar-refractivity contribution is 7.09. The first-order valence-electron chi connectivity index (χ1n) is 9.44. The predicted molar refractivity (Wildman–Crippen MR) is 104 cm³/mol. The van der Waals surface area contributed by atoms with Crippen molar-refractivity contribution in [2.75, 3.05) is 26.2 Å². The molecule has 3 aromatic rings. The largest absolute Gasteiger partial charge is 0.435 e. The summed E-state index contributed by atoms with van der Waals surface area (Å²) in [6, 6.07) is 4.32. The first kappa shape index (κ1) is 21.4. The van der Waals surface area contributed by atoms with Crippen LogP contribution in [0.5, 0.6) is 0 Å². The van der Waals surface area contributed by atoms with Crippen LogP contribution in [0, 0.1) is 12.7 Å². The van der Waals surface area contributed by atoms with Crippen LogP contribution < -0.4 is 0 Å². The van der Waals surface area contributed by atoms with Crippen LogP contribution in [-0.4, -0.2) is 61.9 Å². The molecule has 4 rings (SSSR count). The zero-order valence-electron chi connectivity index (χ0n) is 16.4. The molecule has 1 aliphatic rings. The molecule has 1 aromatic carbocycles. The molecule has 31 heavy (non-hydrogen) atoms. The number of hydrogen-bond donors (Lipinski definition) is 0. The second-order valence-electron chi connectivity index (χ2n) is 7.10. The first-order valence-corrected chi connectivity index (χ1v) is 10.3. The van der Waals surface area contributed by atoms with Crippen molar-refractivity contribution in [1.29, 1.82) is 0 Å². The van der Waals surface area contributed by atoms with Crippen molar-refractivity contribution in [3.63, 3.8) is 0 Å². The van der Waals surface area contributed by atoms with Crippen molar-refractivity contribution >= 4 is 17.2 Å². The summed E-state index contributed by atoms with van der Waals surface area (Å²) >= 11 is 1.55. The first-order chi connectivity index (χ1) is 14.7. The lowest BCUT2D eigenvalue weighted by Gasteiger charge is -2.34. The minimum absolute atomic E-state index is 0.0383. The molecule has 7 nitrogen and oxygen atoms in total. The number of piperazine rings is 1. The third kappa shape index (κ3) is 4.59. The molecule has 1 saturated heterocycles. The molecule has 3 heterocycles. The number of halogens is 4. The Balaban J connectivity index is 1.51. The Morgan fingerprint density at radius 2 is 1.81 bits per heavy atom. The van der Waals surface area contributed by atoms with Gasteiger partial charge in [-0.25, -0.2) is 14.1 Å². The highest BCUT2D eigenvalue weighted by Gasteiger charge is 2.43. The van der Waals surface area contributed by atoms with E-state index < -0.39 is 29.3 Å². The molecule has 1 fully saturated rings. The third-order valence-corrected chi connectivity index (χ3v) is 5.75. The van der Waals surface area contributed by atoms with Gasteiger partial charge >= 0.3 is 6.18 Å². The summed E-state index contributed by atoms with van der Waals surface area (Å²) in [5.41, 5.74) is -1.14. The molecule has 0 N–H and O–H groups in total. The summed E-state index contributed by atoms with van der Waals surface area (Å²) in [5, 5.41) is 10.00. The van der Waals surface area contributed by atoms with E-state index in [1.807, 2.05) is 12.3 Å². The van der Waals surface area contributed by atoms with Gasteiger partial charge in [-0.3, -0.25) is 9.69 Å². The number of amides is 1. The van der Waals surface area contributed by atoms with Crippen LogP contribution in [0.15, 0.2) is 29.6 Å². The number of benzene rings is 1. The van der Waals surface area contributed by atoms with Crippen molar-refractivity contribution in [2.24, 2.45) is 0 Å². The van der Waals surface area contributed by atoms with E-state index in [1.165, 1.54) is 4.90 Å². The fraction of sp³-hybridized carbons (Fsp3) is 0.368. The molecule has 164 valence electrons. The van der Waals surface area contributed by atoms with Crippen molar-refractivity contribution in [3.8, 4) is 5.69 Å². The summed E-state index contributed by atoms with van der Waals surface area (Å²) in [7, 11) is 0. The number of alkyl halides is 3. The van der Waals surface area contributed by atoms with E-state index in [2.05, 4.69) is 20.2 Å². The molecule has 0 saturated carbocycles. The van der Waals surface area contributed by atoms with Crippen LogP contribution in [0.1, 0.15) is 26.9 Å². The summed E-state index contributed by atoms with van der Waals surface area (Å²) in [6.07, 6.45) is -4.87. The summed E-state index contributed by atoms with van der Waals surface area (Å²) < 4.78 is 55.0. The molecule has 0 aliphatic carbocycles. The zero-order valence-corrected chi connectivity index (χ0v) is 17.3. The van der Waals surface area contributed by atoms with E-state index in [0.717, 1.165) is 35.0 Å². The van der Waals surface area contributed by atoms with E-state index in [1.54, 1.807) is 11.3 Å². The number of hydrogen-bond acceptors (Lipinski definition) is 6. The molecule has 0 atom stereocenters. The zero-order chi connectivity index (χ0) is 22.2. The number of rotatable bonds is 4.